The Morgan fingerprint density at radius 3 is 2.55 bits per heavy atom. The van der Waals surface area contributed by atoms with Crippen LogP contribution in [-0.2, 0) is 4.79 Å². The molecule has 0 aromatic heterocycles. The fourth-order valence-electron chi connectivity index (χ4n) is 2.20. The average molecular weight is 293 g/mol. The van der Waals surface area contributed by atoms with Gasteiger partial charge in [-0.15, -0.1) is 0 Å². The Morgan fingerprint density at radius 2 is 1.86 bits per heavy atom. The molecule has 0 radical (unpaired) electrons. The third-order valence-electron chi connectivity index (χ3n) is 3.38. The van der Waals surface area contributed by atoms with Gasteiger partial charge < -0.3 is 4.74 Å². The number of benzene rings is 2. The van der Waals surface area contributed by atoms with Crippen molar-refractivity contribution in [3.8, 4) is 5.75 Å². The zero-order valence-corrected chi connectivity index (χ0v) is 12.1. The van der Waals surface area contributed by atoms with Crippen LogP contribution < -0.4 is 10.2 Å². The van der Waals surface area contributed by atoms with Gasteiger partial charge in [-0.05, 0) is 29.8 Å². The molecule has 2 aromatic carbocycles. The van der Waals surface area contributed by atoms with Crippen LogP contribution in [-0.4, -0.2) is 24.9 Å². The van der Waals surface area contributed by atoms with Gasteiger partial charge in [0, 0.05) is 6.21 Å². The Kier molecular flexibility index (Phi) is 3.96. The molecule has 1 heterocycles. The summed E-state index contributed by atoms with van der Waals surface area (Å²) in [6, 6.07) is 16.9. The number of carbonyl (C=O) groups is 1. The van der Waals surface area contributed by atoms with Crippen molar-refractivity contribution in [2.24, 2.45) is 16.0 Å². The highest BCUT2D eigenvalue weighted by atomic mass is 16.5. The van der Waals surface area contributed by atoms with Gasteiger partial charge in [0.15, 0.2) is 0 Å². The summed E-state index contributed by atoms with van der Waals surface area (Å²) >= 11 is 0. The first-order valence-electron chi connectivity index (χ1n) is 6.89. The Hall–Kier alpha value is -2.95. The highest BCUT2D eigenvalue weighted by Gasteiger charge is 2.29. The van der Waals surface area contributed by atoms with Gasteiger partial charge in [-0.1, -0.05) is 30.3 Å². The molecule has 0 bridgehead atoms. The van der Waals surface area contributed by atoms with Gasteiger partial charge in [-0.25, -0.2) is 5.43 Å². The Morgan fingerprint density at radius 1 is 1.14 bits per heavy atom. The number of nitrogens with one attached hydrogen (secondary N) is 1. The van der Waals surface area contributed by atoms with E-state index in [0.717, 1.165) is 17.0 Å². The number of ether oxygens (including phenoxy) is 1. The minimum Gasteiger partial charge on any atom is -0.497 e. The van der Waals surface area contributed by atoms with Crippen LogP contribution in [0.15, 0.2) is 64.7 Å². The molecule has 0 saturated heterocycles. The van der Waals surface area contributed by atoms with Gasteiger partial charge in [-0.2, -0.15) is 5.10 Å². The van der Waals surface area contributed by atoms with Gasteiger partial charge in [0.2, 0.25) is 0 Å². The van der Waals surface area contributed by atoms with E-state index in [0.29, 0.717) is 5.71 Å². The molecule has 1 unspecified atom stereocenters. The van der Waals surface area contributed by atoms with E-state index in [2.05, 4.69) is 15.5 Å². The molecular formula is C17H15N3O2. The second kappa shape index (κ2) is 6.22. The summed E-state index contributed by atoms with van der Waals surface area (Å²) in [6.45, 7) is 0. The molecule has 22 heavy (non-hydrogen) atoms. The van der Waals surface area contributed by atoms with E-state index in [9.17, 15) is 4.79 Å². The maximum atomic E-state index is 11.9. The Balaban J connectivity index is 1.81. The van der Waals surface area contributed by atoms with E-state index in [1.807, 2.05) is 54.6 Å². The second-order valence-electron chi connectivity index (χ2n) is 4.79. The normalized spacial score (nSPS) is 17.4. The van der Waals surface area contributed by atoms with Gasteiger partial charge in [0.25, 0.3) is 5.91 Å². The predicted molar refractivity (Wildman–Crippen MR) is 85.8 cm³/mol. The van der Waals surface area contributed by atoms with Gasteiger partial charge in [-0.3, -0.25) is 9.79 Å². The number of nitrogens with zero attached hydrogens (tertiary/aromatic N) is 2. The first-order chi connectivity index (χ1) is 10.8. The fraction of sp³-hybridized carbons (Fsp3) is 0.118. The molecule has 0 spiro atoms. The number of aliphatic imine (C=N–C) groups is 1. The van der Waals surface area contributed by atoms with E-state index in [-0.39, 0.29) is 5.91 Å². The largest absolute Gasteiger partial charge is 0.497 e. The number of carbonyl (C=O) groups excluding carboxylic acids is 1. The Bertz CT molecular complexity index is 721. The molecular weight excluding hydrogens is 278 g/mol. The van der Waals surface area contributed by atoms with Crippen molar-refractivity contribution in [3.05, 3.63) is 60.2 Å². The predicted octanol–water partition coefficient (Wildman–Crippen LogP) is 2.55. The van der Waals surface area contributed by atoms with Crippen LogP contribution in [0.3, 0.4) is 0 Å². The van der Waals surface area contributed by atoms with Crippen molar-refractivity contribution >= 4 is 23.5 Å². The number of hydrogen-bond donors (Lipinski definition) is 1. The lowest BCUT2D eigenvalue weighted by Gasteiger charge is -2.05. The van der Waals surface area contributed by atoms with E-state index < -0.39 is 5.92 Å². The lowest BCUT2D eigenvalue weighted by Crippen LogP contribution is -2.24. The van der Waals surface area contributed by atoms with Crippen LogP contribution >= 0.6 is 0 Å². The standard InChI is InChI=1S/C17H15N3O2/c1-22-14-9-7-13(8-10-14)18-11-15-16(19-20-17(15)21)12-5-3-2-4-6-12/h2-11,15H,1H3,(H,20,21). The van der Waals surface area contributed by atoms with Crippen molar-refractivity contribution in [2.45, 2.75) is 0 Å². The second-order valence-corrected chi connectivity index (χ2v) is 4.79. The van der Waals surface area contributed by atoms with Gasteiger partial charge >= 0.3 is 0 Å². The van der Waals surface area contributed by atoms with Crippen molar-refractivity contribution in [1.29, 1.82) is 0 Å². The summed E-state index contributed by atoms with van der Waals surface area (Å²) < 4.78 is 5.10. The summed E-state index contributed by atoms with van der Waals surface area (Å²) in [6.07, 6.45) is 1.62. The molecule has 0 saturated carbocycles. The molecule has 0 fully saturated rings. The number of rotatable bonds is 4. The molecule has 3 rings (SSSR count). The van der Waals surface area contributed by atoms with E-state index in [1.165, 1.54) is 0 Å². The molecule has 1 atom stereocenters. The molecule has 1 amide bonds. The third-order valence-corrected chi connectivity index (χ3v) is 3.38. The van der Waals surface area contributed by atoms with Crippen LogP contribution in [0, 0.1) is 5.92 Å². The lowest BCUT2D eigenvalue weighted by molar-refractivity contribution is -0.120. The molecule has 110 valence electrons. The van der Waals surface area contributed by atoms with Crippen LogP contribution in [0.1, 0.15) is 5.56 Å². The zero-order chi connectivity index (χ0) is 15.4. The average Bonchev–Trinajstić information content (AvgIpc) is 2.95. The first kappa shape index (κ1) is 14.0. The van der Waals surface area contributed by atoms with Crippen molar-refractivity contribution in [2.75, 3.05) is 7.11 Å². The highest BCUT2D eigenvalue weighted by Crippen LogP contribution is 2.19. The summed E-state index contributed by atoms with van der Waals surface area (Å²) in [5.41, 5.74) is 4.86. The smallest absolute Gasteiger partial charge is 0.254 e. The van der Waals surface area contributed by atoms with Crippen LogP contribution in [0.25, 0.3) is 0 Å². The molecule has 0 aliphatic carbocycles. The van der Waals surface area contributed by atoms with Gasteiger partial charge in [0.05, 0.1) is 18.5 Å². The molecule has 1 aliphatic heterocycles. The van der Waals surface area contributed by atoms with Crippen LogP contribution in [0.4, 0.5) is 5.69 Å². The maximum Gasteiger partial charge on any atom is 0.254 e. The summed E-state index contributed by atoms with van der Waals surface area (Å²) in [7, 11) is 1.61. The Labute approximate surface area is 128 Å². The number of amides is 1. The monoisotopic (exact) mass is 293 g/mol. The summed E-state index contributed by atoms with van der Waals surface area (Å²) in [5, 5.41) is 4.11. The zero-order valence-electron chi connectivity index (χ0n) is 12.1. The number of hydrogen-bond acceptors (Lipinski definition) is 4. The number of methoxy groups -OCH3 is 1. The van der Waals surface area contributed by atoms with Crippen molar-refractivity contribution < 1.29 is 9.53 Å². The summed E-state index contributed by atoms with van der Waals surface area (Å²) in [4.78, 5) is 16.3. The van der Waals surface area contributed by atoms with E-state index >= 15 is 0 Å². The highest BCUT2D eigenvalue weighted by molar-refractivity contribution is 6.24. The fourth-order valence-corrected chi connectivity index (χ4v) is 2.20. The van der Waals surface area contributed by atoms with Gasteiger partial charge in [0.1, 0.15) is 11.7 Å². The molecule has 2 aromatic rings. The minimum atomic E-state index is -0.482. The SMILES string of the molecule is COc1ccc(N=CC2C(=O)NN=C2c2ccccc2)cc1. The van der Waals surface area contributed by atoms with E-state index in [1.54, 1.807) is 13.3 Å². The number of hydrazone groups is 1. The maximum absolute atomic E-state index is 11.9. The van der Waals surface area contributed by atoms with Crippen molar-refractivity contribution in [3.63, 3.8) is 0 Å². The molecule has 1 N–H and O–H groups in total. The third kappa shape index (κ3) is 2.88. The minimum absolute atomic E-state index is 0.170. The van der Waals surface area contributed by atoms with Crippen molar-refractivity contribution in [1.82, 2.24) is 5.43 Å². The molecule has 5 heteroatoms. The van der Waals surface area contributed by atoms with E-state index in [4.69, 9.17) is 4.74 Å². The molecule has 1 aliphatic rings. The lowest BCUT2D eigenvalue weighted by atomic mass is 9.98. The summed E-state index contributed by atoms with van der Waals surface area (Å²) in [5.74, 6) is 0.115. The molecule has 5 nitrogen and oxygen atoms in total. The quantitative estimate of drug-likeness (QED) is 0.880. The first-order valence-corrected chi connectivity index (χ1v) is 6.89. The van der Waals surface area contributed by atoms with Crippen LogP contribution in [0.5, 0.6) is 5.75 Å². The van der Waals surface area contributed by atoms with Crippen LogP contribution in [0.2, 0.25) is 0 Å². The topological polar surface area (TPSA) is 63.0 Å².